The number of rotatable bonds is 6. The van der Waals surface area contributed by atoms with Crippen LogP contribution in [0.25, 0.3) is 0 Å². The molecule has 0 bridgehead atoms. The fraction of sp³-hybridized carbons (Fsp3) is 0.818. The predicted octanol–water partition coefficient (Wildman–Crippen LogP) is 2.43. The van der Waals surface area contributed by atoms with E-state index in [0.29, 0.717) is 6.42 Å². The lowest BCUT2D eigenvalue weighted by atomic mass is 9.73. The highest BCUT2D eigenvalue weighted by atomic mass is 19.1. The summed E-state index contributed by atoms with van der Waals surface area (Å²) in [6, 6.07) is -1.32. The molecule has 14 atom stereocenters. The fourth-order valence-corrected chi connectivity index (χ4v) is 7.50. The van der Waals surface area contributed by atoms with Gasteiger partial charge < -0.3 is 39.0 Å². The summed E-state index contributed by atoms with van der Waals surface area (Å²) in [6.07, 6.45) is -1.77. The third-order valence-electron chi connectivity index (χ3n) is 10.2. The van der Waals surface area contributed by atoms with Crippen LogP contribution in [0.2, 0.25) is 0 Å². The van der Waals surface area contributed by atoms with Gasteiger partial charge in [0.2, 0.25) is 0 Å². The zero-order valence-corrected chi connectivity index (χ0v) is 28.6. The Morgan fingerprint density at radius 1 is 1.09 bits per heavy atom. The summed E-state index contributed by atoms with van der Waals surface area (Å²) >= 11 is 0. The Morgan fingerprint density at radius 2 is 1.72 bits per heavy atom. The lowest BCUT2D eigenvalue weighted by Crippen LogP contribution is -2.60. The molecule has 0 aromatic heterocycles. The Labute approximate surface area is 271 Å². The number of fused-ring (bicyclic) bond motifs is 1. The smallest absolute Gasteiger partial charge is 0.408 e. The second-order valence-electron chi connectivity index (χ2n) is 13.5. The third-order valence-corrected chi connectivity index (χ3v) is 10.2. The number of methoxy groups -OCH3 is 1. The van der Waals surface area contributed by atoms with Crippen molar-refractivity contribution in [1.82, 2.24) is 10.2 Å². The van der Waals surface area contributed by atoms with Crippen LogP contribution in [0.4, 0.5) is 9.18 Å². The van der Waals surface area contributed by atoms with Gasteiger partial charge in [-0.2, -0.15) is 0 Å². The largest absolute Gasteiger partial charge is 0.455 e. The van der Waals surface area contributed by atoms with Gasteiger partial charge in [-0.3, -0.25) is 9.59 Å². The molecule has 2 unspecified atom stereocenters. The van der Waals surface area contributed by atoms with Gasteiger partial charge in [0.05, 0.1) is 30.8 Å². The van der Waals surface area contributed by atoms with E-state index >= 15 is 4.39 Å². The Bertz CT molecular complexity index is 1190. The molecule has 3 heterocycles. The first-order valence-corrected chi connectivity index (χ1v) is 16.0. The molecule has 0 aromatic carbocycles. The van der Waals surface area contributed by atoms with E-state index in [2.05, 4.69) is 11.2 Å². The number of alkyl carbamates (subject to hydrolysis) is 1. The van der Waals surface area contributed by atoms with Crippen molar-refractivity contribution in [1.29, 1.82) is 0 Å². The van der Waals surface area contributed by atoms with E-state index in [1.165, 1.54) is 21.0 Å². The van der Waals surface area contributed by atoms with E-state index in [4.69, 9.17) is 30.1 Å². The Balaban J connectivity index is 2.19. The first kappa shape index (κ1) is 37.8. The molecule has 12 nitrogen and oxygen atoms in total. The monoisotopic (exact) mass is 654 g/mol. The van der Waals surface area contributed by atoms with E-state index in [-0.39, 0.29) is 24.3 Å². The van der Waals surface area contributed by atoms with Crippen molar-refractivity contribution in [3.63, 3.8) is 0 Å². The summed E-state index contributed by atoms with van der Waals surface area (Å²) in [5.74, 6) is -4.77. The van der Waals surface area contributed by atoms with Crippen LogP contribution in [0.1, 0.15) is 67.7 Å². The quantitative estimate of drug-likeness (QED) is 0.247. The Hall–Kier alpha value is -2.63. The van der Waals surface area contributed by atoms with Crippen molar-refractivity contribution < 1.29 is 52.4 Å². The number of aliphatic hydroxyl groups excluding tert-OH is 1. The van der Waals surface area contributed by atoms with Crippen LogP contribution < -0.4 is 5.32 Å². The minimum atomic E-state index is -3.30. The number of hydrogen-bond donors (Lipinski definition) is 2. The van der Waals surface area contributed by atoms with Gasteiger partial charge in [-0.25, -0.2) is 14.0 Å². The summed E-state index contributed by atoms with van der Waals surface area (Å²) in [6.45, 7) is 11.3. The van der Waals surface area contributed by atoms with Crippen LogP contribution in [0, 0.1) is 36.0 Å². The SMILES string of the molecule is C#CCC1(F)C(=O)O[C@@H](CC)[C@@]2(C)OC(=O)NC2[C@H](C)C(=O)[C@H](C)[C@H](OC)[C@@H](C)[C@H](O[C@@H]2O[C@H](C)C[C@H](N(C)C)[C@H]2O)[C@@H](C)C1=O. The normalized spacial score (nSPS) is 44.4. The number of cyclic esters (lactones) is 1. The molecule has 0 saturated carbocycles. The Kier molecular flexibility index (Phi) is 12.0. The number of Topliss-reactive ketones (excluding diaryl/α,β-unsaturated/α-hetero) is 2. The van der Waals surface area contributed by atoms with Crippen molar-refractivity contribution in [3.05, 3.63) is 0 Å². The fourth-order valence-electron chi connectivity index (χ4n) is 7.50. The van der Waals surface area contributed by atoms with Crippen molar-refractivity contribution in [3.8, 4) is 12.3 Å². The maximum atomic E-state index is 16.9. The van der Waals surface area contributed by atoms with Crippen LogP contribution in [0.15, 0.2) is 0 Å². The number of likely N-dealkylation sites (N-methyl/N-ethyl adjacent to an activating group) is 1. The van der Waals surface area contributed by atoms with E-state index < -0.39 is 96.0 Å². The molecule has 1 amide bonds. The van der Waals surface area contributed by atoms with E-state index in [9.17, 15) is 24.3 Å². The highest BCUT2D eigenvalue weighted by Gasteiger charge is 2.59. The number of ether oxygens (including phenoxy) is 5. The van der Waals surface area contributed by atoms with Gasteiger partial charge in [0.1, 0.15) is 18.0 Å². The summed E-state index contributed by atoms with van der Waals surface area (Å²) in [5.41, 5.74) is -4.88. The topological polar surface area (TPSA) is 150 Å². The lowest BCUT2D eigenvalue weighted by molar-refractivity contribution is -0.282. The number of carbonyl (C=O) groups excluding carboxylic acids is 4. The van der Waals surface area contributed by atoms with Crippen LogP contribution in [-0.2, 0) is 38.1 Å². The van der Waals surface area contributed by atoms with Crippen LogP contribution in [0.3, 0.4) is 0 Å². The highest BCUT2D eigenvalue weighted by Crippen LogP contribution is 2.40. The van der Waals surface area contributed by atoms with Gasteiger partial charge in [0.25, 0.3) is 5.67 Å². The zero-order valence-electron chi connectivity index (χ0n) is 28.6. The number of esters is 1. The Morgan fingerprint density at radius 3 is 2.26 bits per heavy atom. The number of amides is 1. The number of aliphatic hydroxyl groups is 1. The number of nitrogens with one attached hydrogen (secondary N) is 1. The number of terminal acetylenes is 1. The number of alkyl halides is 1. The molecule has 3 aliphatic rings. The first-order chi connectivity index (χ1) is 21.4. The molecule has 0 aliphatic carbocycles. The minimum absolute atomic E-state index is 0.0612. The van der Waals surface area contributed by atoms with Gasteiger partial charge in [0, 0.05) is 36.8 Å². The first-order valence-electron chi connectivity index (χ1n) is 16.0. The molecule has 260 valence electrons. The second kappa shape index (κ2) is 14.6. The minimum Gasteiger partial charge on any atom is -0.455 e. The number of nitrogens with zero attached hydrogens (tertiary/aromatic N) is 1. The van der Waals surface area contributed by atoms with Crippen LogP contribution in [0.5, 0.6) is 0 Å². The van der Waals surface area contributed by atoms with E-state index in [1.54, 1.807) is 27.7 Å². The summed E-state index contributed by atoms with van der Waals surface area (Å²) in [7, 11) is 5.03. The van der Waals surface area contributed by atoms with E-state index in [1.807, 2.05) is 25.9 Å². The maximum absolute atomic E-state index is 16.9. The average Bonchev–Trinajstić information content (AvgIpc) is 3.32. The van der Waals surface area contributed by atoms with Gasteiger partial charge >= 0.3 is 12.1 Å². The molecule has 3 saturated heterocycles. The molecule has 0 aromatic rings. The van der Waals surface area contributed by atoms with Crippen molar-refractivity contribution >= 4 is 23.6 Å². The van der Waals surface area contributed by atoms with Gasteiger partial charge in [-0.05, 0) is 40.8 Å². The third kappa shape index (κ3) is 6.97. The summed E-state index contributed by atoms with van der Waals surface area (Å²) < 4.78 is 46.4. The highest BCUT2D eigenvalue weighted by molar-refractivity contribution is 6.08. The number of halogens is 1. The van der Waals surface area contributed by atoms with Crippen LogP contribution >= 0.6 is 0 Å². The van der Waals surface area contributed by atoms with Gasteiger partial charge in [0.15, 0.2) is 17.7 Å². The standard InChI is InChI=1S/C33H51FN2O10/c1-12-14-33(34)28(39)20(7)26(45-29-24(38)21(36(9)10)15-16(3)43-29)19(6)25(42-11)17(4)23(37)18(5)27-32(8,46-31(41)35-27)22(13-2)44-30(33)40/h1,16-22,24-27,29,38H,13-15H2,2-11H3,(H,35,41)/t16-,17+,18-,19-,20-,21+,22+,24-,25+,26+,27?,29+,32-,33?/m1/s1. The number of ketones is 2. The maximum Gasteiger partial charge on any atom is 0.408 e. The molecule has 0 spiro atoms. The molecule has 0 radical (unpaired) electrons. The molecule has 3 rings (SSSR count). The average molecular weight is 655 g/mol. The van der Waals surface area contributed by atoms with Crippen LogP contribution in [-0.4, -0.2) is 115 Å². The molecular formula is C33H51FN2O10. The van der Waals surface area contributed by atoms with Gasteiger partial charge in [-0.15, -0.1) is 12.3 Å². The molecule has 2 N–H and O–H groups in total. The summed E-state index contributed by atoms with van der Waals surface area (Å²) in [5, 5.41) is 13.9. The summed E-state index contributed by atoms with van der Waals surface area (Å²) in [4.78, 5) is 56.3. The van der Waals surface area contributed by atoms with Crippen molar-refractivity contribution in [2.24, 2.45) is 23.7 Å². The number of hydrogen-bond acceptors (Lipinski definition) is 11. The van der Waals surface area contributed by atoms with Crippen molar-refractivity contribution in [2.45, 2.75) is 128 Å². The molecule has 46 heavy (non-hydrogen) atoms. The lowest BCUT2D eigenvalue weighted by Gasteiger charge is -2.45. The zero-order chi connectivity index (χ0) is 34.9. The molecule has 13 heteroatoms. The van der Waals surface area contributed by atoms with E-state index in [0.717, 1.165) is 0 Å². The molecule has 3 aliphatic heterocycles. The van der Waals surface area contributed by atoms with Gasteiger partial charge in [-0.1, -0.05) is 34.6 Å². The second-order valence-corrected chi connectivity index (χ2v) is 13.5. The molecular weight excluding hydrogens is 603 g/mol. The number of carbonyl (C=O) groups is 4. The molecule has 3 fully saturated rings. The predicted molar refractivity (Wildman–Crippen MR) is 164 cm³/mol. The van der Waals surface area contributed by atoms with Crippen molar-refractivity contribution in [2.75, 3.05) is 21.2 Å².